The third-order valence-corrected chi connectivity index (χ3v) is 5.90. The largest absolute Gasteiger partial charge is 0.508 e. The van der Waals surface area contributed by atoms with E-state index in [0.717, 1.165) is 4.31 Å². The van der Waals surface area contributed by atoms with Crippen LogP contribution in [-0.2, 0) is 14.8 Å². The molecular formula is C19H22N2O5S. The minimum Gasteiger partial charge on any atom is -0.508 e. The quantitative estimate of drug-likeness (QED) is 0.705. The number of aromatic hydroxyl groups is 1. The van der Waals surface area contributed by atoms with Crippen LogP contribution in [0.25, 0.3) is 0 Å². The molecule has 1 unspecified atom stereocenters. The maximum atomic E-state index is 12.6. The van der Waals surface area contributed by atoms with Crippen LogP contribution >= 0.6 is 0 Å². The van der Waals surface area contributed by atoms with E-state index in [0.29, 0.717) is 11.1 Å². The number of amides is 1. The first kappa shape index (κ1) is 20.6. The average Bonchev–Trinajstić information content (AvgIpc) is 2.61. The summed E-state index contributed by atoms with van der Waals surface area (Å²) < 4.78 is 26.1. The van der Waals surface area contributed by atoms with E-state index >= 15 is 0 Å². The van der Waals surface area contributed by atoms with Gasteiger partial charge >= 0.3 is 0 Å². The van der Waals surface area contributed by atoms with Gasteiger partial charge in [-0.1, -0.05) is 24.3 Å². The van der Waals surface area contributed by atoms with Crippen LogP contribution in [0.4, 0.5) is 0 Å². The topological polar surface area (TPSA) is 104 Å². The van der Waals surface area contributed by atoms with E-state index < -0.39 is 22.0 Å². The van der Waals surface area contributed by atoms with Crippen molar-refractivity contribution < 1.29 is 23.1 Å². The first-order valence-electron chi connectivity index (χ1n) is 8.27. The number of hydrogen-bond donors (Lipinski definition) is 2. The van der Waals surface area contributed by atoms with Crippen LogP contribution < -0.4 is 5.32 Å². The number of likely N-dealkylation sites (N-methyl/N-ethyl adjacent to an activating group) is 1. The summed E-state index contributed by atoms with van der Waals surface area (Å²) in [5.41, 5.74) is 1.11. The van der Waals surface area contributed by atoms with Gasteiger partial charge in [-0.25, -0.2) is 8.42 Å². The molecule has 0 saturated heterocycles. The first-order chi connectivity index (χ1) is 12.6. The molecule has 0 aliphatic heterocycles. The van der Waals surface area contributed by atoms with Crippen molar-refractivity contribution in [2.24, 2.45) is 0 Å². The SMILES string of the molecule is CC(=O)c1ccc(S(=O)(=O)N(C)CC(=O)NC(C)c2cccc(O)c2)cc1. The van der Waals surface area contributed by atoms with E-state index in [4.69, 9.17) is 0 Å². The van der Waals surface area contributed by atoms with Crippen molar-refractivity contribution in [2.75, 3.05) is 13.6 Å². The summed E-state index contributed by atoms with van der Waals surface area (Å²) in [6, 6.07) is 11.6. The Bertz CT molecular complexity index is 939. The number of ketones is 1. The van der Waals surface area contributed by atoms with Crippen molar-refractivity contribution in [3.8, 4) is 5.75 Å². The van der Waals surface area contributed by atoms with Crippen molar-refractivity contribution in [3.63, 3.8) is 0 Å². The molecule has 0 radical (unpaired) electrons. The first-order valence-corrected chi connectivity index (χ1v) is 9.71. The number of phenolic OH excluding ortho intramolecular Hbond substituents is 1. The van der Waals surface area contributed by atoms with Crippen LogP contribution in [0.1, 0.15) is 35.8 Å². The fourth-order valence-corrected chi connectivity index (χ4v) is 3.62. The Balaban J connectivity index is 2.05. The standard InChI is InChI=1S/C19H22N2O5S/c1-13(16-5-4-6-17(23)11-16)20-19(24)12-21(3)27(25,26)18-9-7-15(8-10-18)14(2)22/h4-11,13,23H,12H2,1-3H3,(H,20,24). The Labute approximate surface area is 158 Å². The van der Waals surface area contributed by atoms with E-state index in [1.165, 1.54) is 50.4 Å². The van der Waals surface area contributed by atoms with Gasteiger partial charge in [-0.05, 0) is 43.7 Å². The van der Waals surface area contributed by atoms with E-state index in [2.05, 4.69) is 5.32 Å². The minimum atomic E-state index is -3.86. The van der Waals surface area contributed by atoms with Gasteiger partial charge in [-0.2, -0.15) is 4.31 Å². The maximum absolute atomic E-state index is 12.6. The van der Waals surface area contributed by atoms with Crippen LogP contribution in [0.2, 0.25) is 0 Å². The highest BCUT2D eigenvalue weighted by molar-refractivity contribution is 7.89. The molecule has 144 valence electrons. The maximum Gasteiger partial charge on any atom is 0.243 e. The number of rotatable bonds is 7. The summed E-state index contributed by atoms with van der Waals surface area (Å²) in [5.74, 6) is -0.549. The molecular weight excluding hydrogens is 368 g/mol. The summed E-state index contributed by atoms with van der Waals surface area (Å²) in [6.07, 6.45) is 0. The minimum absolute atomic E-state index is 0.00355. The molecule has 0 bridgehead atoms. The number of nitrogens with zero attached hydrogens (tertiary/aromatic N) is 1. The van der Waals surface area contributed by atoms with Crippen molar-refractivity contribution >= 4 is 21.7 Å². The molecule has 8 heteroatoms. The molecule has 0 aliphatic carbocycles. The predicted molar refractivity (Wildman–Crippen MR) is 101 cm³/mol. The molecule has 0 aromatic heterocycles. The number of hydrogen-bond acceptors (Lipinski definition) is 5. The van der Waals surface area contributed by atoms with Crippen LogP contribution in [0.15, 0.2) is 53.4 Å². The van der Waals surface area contributed by atoms with Gasteiger partial charge in [-0.3, -0.25) is 9.59 Å². The molecule has 0 spiro atoms. The molecule has 0 saturated carbocycles. The van der Waals surface area contributed by atoms with Gasteiger partial charge in [0.15, 0.2) is 5.78 Å². The van der Waals surface area contributed by atoms with E-state index in [1.54, 1.807) is 19.1 Å². The fraction of sp³-hybridized carbons (Fsp3) is 0.263. The van der Waals surface area contributed by atoms with Gasteiger partial charge in [0.2, 0.25) is 15.9 Å². The lowest BCUT2D eigenvalue weighted by atomic mass is 10.1. The zero-order valence-electron chi connectivity index (χ0n) is 15.3. The highest BCUT2D eigenvalue weighted by atomic mass is 32.2. The predicted octanol–water partition coefficient (Wildman–Crippen LogP) is 2.09. The zero-order chi connectivity index (χ0) is 20.2. The number of carbonyl (C=O) groups is 2. The second kappa shape index (κ2) is 8.32. The van der Waals surface area contributed by atoms with E-state index in [1.807, 2.05) is 0 Å². The number of nitrogens with one attached hydrogen (secondary N) is 1. The van der Waals surface area contributed by atoms with Crippen molar-refractivity contribution in [2.45, 2.75) is 24.8 Å². The Morgan fingerprint density at radius 1 is 1.15 bits per heavy atom. The van der Waals surface area contributed by atoms with Crippen LogP contribution in [-0.4, -0.2) is 43.1 Å². The van der Waals surface area contributed by atoms with Gasteiger partial charge in [0.05, 0.1) is 17.5 Å². The second-order valence-electron chi connectivity index (χ2n) is 6.23. The molecule has 0 heterocycles. The normalized spacial score (nSPS) is 12.6. The zero-order valence-corrected chi connectivity index (χ0v) is 16.2. The molecule has 27 heavy (non-hydrogen) atoms. The lowest BCUT2D eigenvalue weighted by molar-refractivity contribution is -0.121. The lowest BCUT2D eigenvalue weighted by Crippen LogP contribution is -2.39. The van der Waals surface area contributed by atoms with Gasteiger partial charge in [0.1, 0.15) is 5.75 Å². The van der Waals surface area contributed by atoms with Gasteiger partial charge < -0.3 is 10.4 Å². The molecule has 2 aromatic carbocycles. The summed E-state index contributed by atoms with van der Waals surface area (Å²) in [7, 11) is -2.55. The molecule has 7 nitrogen and oxygen atoms in total. The van der Waals surface area contributed by atoms with Crippen molar-refractivity contribution in [1.29, 1.82) is 0 Å². The Morgan fingerprint density at radius 3 is 2.33 bits per heavy atom. The summed E-state index contributed by atoms with van der Waals surface area (Å²) in [5, 5.41) is 12.2. The molecule has 2 N–H and O–H groups in total. The average molecular weight is 390 g/mol. The Kier molecular flexibility index (Phi) is 6.35. The van der Waals surface area contributed by atoms with Crippen LogP contribution in [0.5, 0.6) is 5.75 Å². The second-order valence-corrected chi connectivity index (χ2v) is 8.27. The monoisotopic (exact) mass is 390 g/mol. The third-order valence-electron chi connectivity index (χ3n) is 4.08. The van der Waals surface area contributed by atoms with Gasteiger partial charge in [0, 0.05) is 12.6 Å². The van der Waals surface area contributed by atoms with E-state index in [-0.39, 0.29) is 23.0 Å². The Hall–Kier alpha value is -2.71. The van der Waals surface area contributed by atoms with Gasteiger partial charge in [-0.15, -0.1) is 0 Å². The fourth-order valence-electron chi connectivity index (χ4n) is 2.49. The van der Waals surface area contributed by atoms with Crippen molar-refractivity contribution in [3.05, 3.63) is 59.7 Å². The highest BCUT2D eigenvalue weighted by Crippen LogP contribution is 2.18. The number of carbonyl (C=O) groups excluding carboxylic acids is 2. The molecule has 0 aliphatic rings. The number of benzene rings is 2. The molecule has 0 fully saturated rings. The molecule has 1 amide bonds. The third kappa shape index (κ3) is 5.15. The summed E-state index contributed by atoms with van der Waals surface area (Å²) >= 11 is 0. The van der Waals surface area contributed by atoms with Crippen molar-refractivity contribution in [1.82, 2.24) is 9.62 Å². The highest BCUT2D eigenvalue weighted by Gasteiger charge is 2.23. The molecule has 2 aromatic rings. The summed E-state index contributed by atoms with van der Waals surface area (Å²) in [4.78, 5) is 23.5. The smallest absolute Gasteiger partial charge is 0.243 e. The number of Topliss-reactive ketones (excluding diaryl/α,β-unsaturated/α-hetero) is 1. The van der Waals surface area contributed by atoms with Crippen LogP contribution in [0, 0.1) is 0 Å². The number of sulfonamides is 1. The van der Waals surface area contributed by atoms with E-state index in [9.17, 15) is 23.1 Å². The Morgan fingerprint density at radius 2 is 1.78 bits per heavy atom. The number of phenols is 1. The van der Waals surface area contributed by atoms with Crippen LogP contribution in [0.3, 0.4) is 0 Å². The lowest BCUT2D eigenvalue weighted by Gasteiger charge is -2.19. The molecule has 2 rings (SSSR count). The molecule has 1 atom stereocenters. The van der Waals surface area contributed by atoms with Gasteiger partial charge in [0.25, 0.3) is 0 Å². The summed E-state index contributed by atoms with van der Waals surface area (Å²) in [6.45, 7) is 2.77.